The number of carbonyl (C=O) groups excluding carboxylic acids is 2. The van der Waals surface area contributed by atoms with Gasteiger partial charge in [-0.05, 0) is 35.1 Å². The van der Waals surface area contributed by atoms with Crippen LogP contribution in [0.2, 0.25) is 0 Å². The Balaban J connectivity index is 1.75. The first kappa shape index (κ1) is 21.4. The minimum Gasteiger partial charge on any atom is -0.340 e. The van der Waals surface area contributed by atoms with Gasteiger partial charge in [0.15, 0.2) is 0 Å². The fourth-order valence-corrected chi connectivity index (χ4v) is 4.12. The average molecular weight is 411 g/mol. The van der Waals surface area contributed by atoms with Crippen LogP contribution in [-0.4, -0.2) is 46.5 Å². The van der Waals surface area contributed by atoms with E-state index in [4.69, 9.17) is 0 Å². The Morgan fingerprint density at radius 1 is 1.07 bits per heavy atom. The third-order valence-corrected chi connectivity index (χ3v) is 5.84. The molecule has 0 aromatic heterocycles. The number of likely N-dealkylation sites (tertiary alicyclic amines) is 1. The lowest BCUT2D eigenvalue weighted by Gasteiger charge is -2.28. The van der Waals surface area contributed by atoms with Gasteiger partial charge >= 0.3 is 0 Å². The van der Waals surface area contributed by atoms with Crippen molar-refractivity contribution in [2.45, 2.75) is 50.4 Å². The lowest BCUT2D eigenvalue weighted by Crippen LogP contribution is -2.46. The summed E-state index contributed by atoms with van der Waals surface area (Å²) >= 11 is 4.57. The van der Waals surface area contributed by atoms with Crippen LogP contribution < -0.4 is 0 Å². The first-order chi connectivity index (χ1) is 13.7. The summed E-state index contributed by atoms with van der Waals surface area (Å²) < 4.78 is 0. The van der Waals surface area contributed by atoms with Gasteiger partial charge in [0.1, 0.15) is 6.04 Å². The molecular weight excluding hydrogens is 380 g/mol. The molecule has 3 rings (SSSR count). The van der Waals surface area contributed by atoms with Crippen LogP contribution in [0.4, 0.5) is 0 Å². The van der Waals surface area contributed by atoms with E-state index in [-0.39, 0.29) is 22.5 Å². The van der Waals surface area contributed by atoms with Crippen LogP contribution in [0.5, 0.6) is 0 Å². The molecule has 0 radical (unpaired) electrons. The smallest absolute Gasteiger partial charge is 0.254 e. The Hall–Kier alpha value is -2.27. The van der Waals surface area contributed by atoms with Crippen molar-refractivity contribution in [2.24, 2.45) is 0 Å². The molecule has 1 heterocycles. The first-order valence-corrected chi connectivity index (χ1v) is 10.6. The summed E-state index contributed by atoms with van der Waals surface area (Å²) in [4.78, 5) is 29.7. The number of hydrogen-bond donors (Lipinski definition) is 1. The number of benzene rings is 2. The number of amides is 2. The van der Waals surface area contributed by atoms with Crippen LogP contribution in [0.3, 0.4) is 0 Å². The van der Waals surface area contributed by atoms with E-state index < -0.39 is 6.04 Å². The quantitative estimate of drug-likeness (QED) is 0.769. The van der Waals surface area contributed by atoms with E-state index in [0.717, 1.165) is 5.56 Å². The summed E-state index contributed by atoms with van der Waals surface area (Å²) in [6.45, 7) is 7.45. The van der Waals surface area contributed by atoms with Crippen LogP contribution in [-0.2, 0) is 16.8 Å². The Morgan fingerprint density at radius 2 is 1.69 bits per heavy atom. The van der Waals surface area contributed by atoms with E-state index in [1.165, 1.54) is 5.56 Å². The molecule has 2 aromatic rings. The van der Waals surface area contributed by atoms with Crippen LogP contribution in [0.25, 0.3) is 0 Å². The maximum Gasteiger partial charge on any atom is 0.254 e. The molecule has 2 amide bonds. The molecule has 0 aliphatic carbocycles. The van der Waals surface area contributed by atoms with E-state index in [9.17, 15) is 9.59 Å². The molecule has 29 heavy (non-hydrogen) atoms. The molecule has 0 unspecified atom stereocenters. The summed E-state index contributed by atoms with van der Waals surface area (Å²) in [5, 5.41) is 0.00636. The van der Waals surface area contributed by atoms with Crippen molar-refractivity contribution in [3.05, 3.63) is 71.3 Å². The van der Waals surface area contributed by atoms with Crippen molar-refractivity contribution in [1.29, 1.82) is 0 Å². The van der Waals surface area contributed by atoms with Crippen LogP contribution >= 0.6 is 12.6 Å². The number of carbonyl (C=O) groups is 2. The van der Waals surface area contributed by atoms with Gasteiger partial charge in [0.25, 0.3) is 5.91 Å². The van der Waals surface area contributed by atoms with Crippen molar-refractivity contribution in [3.63, 3.8) is 0 Å². The van der Waals surface area contributed by atoms with E-state index in [1.807, 2.05) is 54.6 Å². The maximum absolute atomic E-state index is 13.2. The molecule has 5 heteroatoms. The van der Waals surface area contributed by atoms with E-state index >= 15 is 0 Å². The van der Waals surface area contributed by atoms with E-state index in [2.05, 4.69) is 33.4 Å². The number of nitrogens with zero attached hydrogens (tertiary/aromatic N) is 2. The van der Waals surface area contributed by atoms with Crippen molar-refractivity contribution in [1.82, 2.24) is 9.80 Å². The average Bonchev–Trinajstić information content (AvgIpc) is 3.08. The normalized spacial score (nSPS) is 19.3. The second-order valence-electron chi connectivity index (χ2n) is 8.87. The molecule has 1 aliphatic heterocycles. The molecule has 1 aliphatic rings. The minimum absolute atomic E-state index is 0.00636. The molecule has 0 N–H and O–H groups in total. The highest BCUT2D eigenvalue weighted by Crippen LogP contribution is 2.27. The zero-order chi connectivity index (χ0) is 21.2. The lowest BCUT2D eigenvalue weighted by molar-refractivity contribution is -0.134. The highest BCUT2D eigenvalue weighted by molar-refractivity contribution is 7.81. The molecule has 1 fully saturated rings. The highest BCUT2D eigenvalue weighted by atomic mass is 32.1. The minimum atomic E-state index is -0.471. The van der Waals surface area contributed by atoms with Gasteiger partial charge in [-0.2, -0.15) is 12.6 Å². The van der Waals surface area contributed by atoms with Crippen molar-refractivity contribution in [2.75, 3.05) is 13.6 Å². The van der Waals surface area contributed by atoms with Gasteiger partial charge < -0.3 is 9.80 Å². The summed E-state index contributed by atoms with van der Waals surface area (Å²) in [7, 11) is 1.79. The summed E-state index contributed by atoms with van der Waals surface area (Å²) in [5.74, 6) is -0.140. The fourth-order valence-electron chi connectivity index (χ4n) is 3.74. The van der Waals surface area contributed by atoms with Crippen LogP contribution in [0, 0.1) is 0 Å². The maximum atomic E-state index is 13.2. The van der Waals surface area contributed by atoms with Gasteiger partial charge in [0.05, 0.1) is 0 Å². The molecule has 0 saturated carbocycles. The monoisotopic (exact) mass is 410 g/mol. The summed E-state index contributed by atoms with van der Waals surface area (Å²) in [5.41, 5.74) is 2.89. The van der Waals surface area contributed by atoms with Gasteiger partial charge in [0.2, 0.25) is 5.91 Å². The van der Waals surface area contributed by atoms with Crippen LogP contribution in [0.15, 0.2) is 54.6 Å². The van der Waals surface area contributed by atoms with Gasteiger partial charge in [-0.3, -0.25) is 9.59 Å². The van der Waals surface area contributed by atoms with Crippen molar-refractivity contribution >= 4 is 24.4 Å². The molecule has 154 valence electrons. The number of rotatable bonds is 4. The van der Waals surface area contributed by atoms with E-state index in [0.29, 0.717) is 25.1 Å². The lowest BCUT2D eigenvalue weighted by atomic mass is 9.86. The SMILES string of the molecule is CN(Cc1ccccc1)C(=O)[C@@H]1C[C@H](S)CN1C(=O)c1ccc(C(C)(C)C)cc1. The third kappa shape index (κ3) is 5.02. The second kappa shape index (κ2) is 8.62. The Morgan fingerprint density at radius 3 is 2.28 bits per heavy atom. The van der Waals surface area contributed by atoms with Gasteiger partial charge in [-0.1, -0.05) is 63.2 Å². The second-order valence-corrected chi connectivity index (χ2v) is 9.60. The van der Waals surface area contributed by atoms with Gasteiger partial charge in [0, 0.05) is 31.0 Å². The number of thiol groups is 1. The molecule has 1 saturated heterocycles. The zero-order valence-corrected chi connectivity index (χ0v) is 18.5. The van der Waals surface area contributed by atoms with Crippen LogP contribution in [0.1, 0.15) is 48.7 Å². The fraction of sp³-hybridized carbons (Fsp3) is 0.417. The topological polar surface area (TPSA) is 40.6 Å². The molecule has 2 aromatic carbocycles. The predicted molar refractivity (Wildman–Crippen MR) is 120 cm³/mol. The largest absolute Gasteiger partial charge is 0.340 e. The highest BCUT2D eigenvalue weighted by Gasteiger charge is 2.39. The van der Waals surface area contributed by atoms with Gasteiger partial charge in [-0.25, -0.2) is 0 Å². The molecular formula is C24H30N2O2S. The van der Waals surface area contributed by atoms with Crippen molar-refractivity contribution < 1.29 is 9.59 Å². The Labute approximate surface area is 179 Å². The van der Waals surface area contributed by atoms with Gasteiger partial charge in [-0.15, -0.1) is 0 Å². The molecule has 0 spiro atoms. The predicted octanol–water partition coefficient (Wildman–Crippen LogP) is 4.16. The molecule has 4 nitrogen and oxygen atoms in total. The third-order valence-electron chi connectivity index (χ3n) is 5.46. The first-order valence-electron chi connectivity index (χ1n) is 10.1. The Kier molecular flexibility index (Phi) is 6.37. The standard InChI is InChI=1S/C24H30N2O2S/c1-24(2,3)19-12-10-18(11-13-19)22(27)26-16-20(29)14-21(26)23(28)25(4)15-17-8-6-5-7-9-17/h5-13,20-21,29H,14-16H2,1-4H3/t20-,21-/m0/s1. The van der Waals surface area contributed by atoms with E-state index in [1.54, 1.807) is 16.8 Å². The molecule has 2 atom stereocenters. The summed E-state index contributed by atoms with van der Waals surface area (Å²) in [6, 6.07) is 17.1. The summed E-state index contributed by atoms with van der Waals surface area (Å²) in [6.07, 6.45) is 0.576. The Bertz CT molecular complexity index is 859. The number of hydrogen-bond acceptors (Lipinski definition) is 3. The zero-order valence-electron chi connectivity index (χ0n) is 17.6. The number of likely N-dealkylation sites (N-methyl/N-ethyl adjacent to an activating group) is 1. The molecule has 0 bridgehead atoms. The van der Waals surface area contributed by atoms with Crippen molar-refractivity contribution in [3.8, 4) is 0 Å².